The molecule has 6 nitrogen and oxygen atoms in total. The lowest BCUT2D eigenvalue weighted by Gasteiger charge is -2.25. The fraction of sp³-hybridized carbons (Fsp3) is 0.550. The molecule has 1 saturated heterocycles. The molecule has 0 spiro atoms. The van der Waals surface area contributed by atoms with Gasteiger partial charge in [-0.05, 0) is 25.3 Å². The van der Waals surface area contributed by atoms with Crippen LogP contribution in [0.5, 0.6) is 0 Å². The highest BCUT2D eigenvalue weighted by Crippen LogP contribution is 2.28. The van der Waals surface area contributed by atoms with Gasteiger partial charge in [0, 0.05) is 19.0 Å². The van der Waals surface area contributed by atoms with Crippen LogP contribution < -0.4 is 5.32 Å². The Balaban J connectivity index is 1.85. The van der Waals surface area contributed by atoms with Crippen molar-refractivity contribution in [3.8, 4) is 0 Å². The van der Waals surface area contributed by atoms with E-state index in [0.717, 1.165) is 18.4 Å². The number of benzene rings is 1. The van der Waals surface area contributed by atoms with Crippen molar-refractivity contribution in [1.29, 1.82) is 0 Å². The lowest BCUT2D eigenvalue weighted by molar-refractivity contribution is -0.152. The minimum atomic E-state index is -0.519. The first-order valence-corrected chi connectivity index (χ1v) is 9.26. The number of rotatable bonds is 8. The summed E-state index contributed by atoms with van der Waals surface area (Å²) in [6.45, 7) is 5.96. The Morgan fingerprint density at radius 3 is 2.50 bits per heavy atom. The topological polar surface area (TPSA) is 75.7 Å². The summed E-state index contributed by atoms with van der Waals surface area (Å²) >= 11 is 0. The molecule has 1 N–H and O–H groups in total. The molecule has 6 heteroatoms. The number of carbonyl (C=O) groups is 3. The van der Waals surface area contributed by atoms with Gasteiger partial charge in [-0.2, -0.15) is 0 Å². The summed E-state index contributed by atoms with van der Waals surface area (Å²) in [7, 11) is 0. The van der Waals surface area contributed by atoms with Crippen molar-refractivity contribution in [1.82, 2.24) is 10.2 Å². The summed E-state index contributed by atoms with van der Waals surface area (Å²) < 4.78 is 5.13. The quantitative estimate of drug-likeness (QED) is 0.723. The van der Waals surface area contributed by atoms with E-state index in [1.165, 1.54) is 0 Å². The van der Waals surface area contributed by atoms with Gasteiger partial charge in [-0.1, -0.05) is 44.2 Å². The van der Waals surface area contributed by atoms with E-state index < -0.39 is 11.9 Å². The van der Waals surface area contributed by atoms with Gasteiger partial charge in [-0.25, -0.2) is 0 Å². The number of hydrogen-bond donors (Lipinski definition) is 1. The van der Waals surface area contributed by atoms with Crippen LogP contribution in [-0.2, 0) is 19.1 Å². The highest BCUT2D eigenvalue weighted by molar-refractivity contribution is 5.88. The zero-order chi connectivity index (χ0) is 19.1. The Morgan fingerprint density at radius 2 is 1.88 bits per heavy atom. The van der Waals surface area contributed by atoms with Crippen LogP contribution in [0.1, 0.15) is 51.6 Å². The summed E-state index contributed by atoms with van der Waals surface area (Å²) in [6.07, 6.45) is 1.80. The highest BCUT2D eigenvalue weighted by atomic mass is 16.5. The van der Waals surface area contributed by atoms with Crippen molar-refractivity contribution in [3.05, 3.63) is 35.9 Å². The molecule has 0 saturated carbocycles. The summed E-state index contributed by atoms with van der Waals surface area (Å²) in [5, 5.41) is 2.83. The lowest BCUT2D eigenvalue weighted by Crippen LogP contribution is -2.37. The summed E-state index contributed by atoms with van der Waals surface area (Å²) in [4.78, 5) is 38.1. The first-order chi connectivity index (χ1) is 12.5. The molecule has 1 aliphatic rings. The summed E-state index contributed by atoms with van der Waals surface area (Å²) in [6, 6.07) is 9.70. The molecule has 2 rings (SSSR count). The monoisotopic (exact) mass is 360 g/mol. The number of hydrogen-bond acceptors (Lipinski definition) is 4. The first kappa shape index (κ1) is 19.9. The molecule has 1 heterocycles. The van der Waals surface area contributed by atoms with Crippen molar-refractivity contribution < 1.29 is 19.1 Å². The smallest absolute Gasteiger partial charge is 0.311 e. The van der Waals surface area contributed by atoms with Crippen LogP contribution in [0.15, 0.2) is 30.3 Å². The van der Waals surface area contributed by atoms with E-state index in [-0.39, 0.29) is 36.9 Å². The van der Waals surface area contributed by atoms with Crippen LogP contribution in [0, 0.1) is 5.92 Å². The second-order valence-corrected chi connectivity index (χ2v) is 6.72. The molecule has 0 unspecified atom stereocenters. The second kappa shape index (κ2) is 9.36. The molecule has 0 aliphatic carbocycles. The van der Waals surface area contributed by atoms with E-state index in [0.29, 0.717) is 6.54 Å². The van der Waals surface area contributed by atoms with Gasteiger partial charge in [0.1, 0.15) is 0 Å². The Hall–Kier alpha value is -2.37. The van der Waals surface area contributed by atoms with Crippen LogP contribution in [-0.4, -0.2) is 41.9 Å². The molecule has 1 aromatic carbocycles. The van der Waals surface area contributed by atoms with Gasteiger partial charge in [0.2, 0.25) is 5.91 Å². The van der Waals surface area contributed by atoms with Crippen molar-refractivity contribution in [2.75, 3.05) is 13.2 Å². The van der Waals surface area contributed by atoms with Crippen LogP contribution >= 0.6 is 0 Å². The number of esters is 1. The average molecular weight is 360 g/mol. The van der Waals surface area contributed by atoms with Crippen molar-refractivity contribution in [3.63, 3.8) is 0 Å². The molecule has 1 fully saturated rings. The van der Waals surface area contributed by atoms with E-state index in [2.05, 4.69) is 5.32 Å². The van der Waals surface area contributed by atoms with E-state index >= 15 is 0 Å². The maximum absolute atomic E-state index is 12.3. The van der Waals surface area contributed by atoms with Crippen molar-refractivity contribution in [2.45, 2.75) is 52.1 Å². The van der Waals surface area contributed by atoms with Crippen molar-refractivity contribution in [2.24, 2.45) is 5.92 Å². The van der Waals surface area contributed by atoms with Crippen LogP contribution in [0.3, 0.4) is 0 Å². The third-order valence-corrected chi connectivity index (χ3v) is 4.94. The standard InChI is InChI=1S/C20H28N2O4/c1-4-17(5-2)21-18(23)13-26-20(25)16-11-19(24)22(12-16)14(3)15-9-7-6-8-10-15/h6-10,14,16-17H,4-5,11-13H2,1-3H3,(H,21,23)/t14-,16+/m0/s1. The number of likely N-dealkylation sites (tertiary alicyclic amines) is 1. The van der Waals surface area contributed by atoms with E-state index in [1.807, 2.05) is 51.1 Å². The molecular formula is C20H28N2O4. The number of carbonyl (C=O) groups excluding carboxylic acids is 3. The zero-order valence-electron chi connectivity index (χ0n) is 15.7. The summed E-state index contributed by atoms with van der Waals surface area (Å²) in [5.41, 5.74) is 1.03. The van der Waals surface area contributed by atoms with Crippen LogP contribution in [0.25, 0.3) is 0 Å². The van der Waals surface area contributed by atoms with E-state index in [4.69, 9.17) is 4.74 Å². The fourth-order valence-electron chi connectivity index (χ4n) is 3.19. The zero-order valence-corrected chi connectivity index (χ0v) is 15.7. The Bertz CT molecular complexity index is 628. The van der Waals surface area contributed by atoms with E-state index in [9.17, 15) is 14.4 Å². The minimum Gasteiger partial charge on any atom is -0.455 e. The largest absolute Gasteiger partial charge is 0.455 e. The van der Waals surface area contributed by atoms with E-state index in [1.54, 1.807) is 4.90 Å². The maximum Gasteiger partial charge on any atom is 0.311 e. The molecule has 26 heavy (non-hydrogen) atoms. The molecule has 2 atom stereocenters. The average Bonchev–Trinajstić information content (AvgIpc) is 3.06. The van der Waals surface area contributed by atoms with Crippen LogP contribution in [0.2, 0.25) is 0 Å². The molecule has 2 amide bonds. The number of amides is 2. The van der Waals surface area contributed by atoms with Gasteiger partial charge in [-0.3, -0.25) is 14.4 Å². The Kier molecular flexibility index (Phi) is 7.18. The molecule has 0 bridgehead atoms. The molecule has 0 aromatic heterocycles. The normalized spacial score (nSPS) is 18.1. The molecule has 1 aromatic rings. The van der Waals surface area contributed by atoms with Crippen LogP contribution in [0.4, 0.5) is 0 Å². The summed E-state index contributed by atoms with van der Waals surface area (Å²) in [5.74, 6) is -1.37. The predicted octanol–water partition coefficient (Wildman–Crippen LogP) is 2.44. The highest BCUT2D eigenvalue weighted by Gasteiger charge is 2.38. The van der Waals surface area contributed by atoms with Gasteiger partial charge in [0.25, 0.3) is 5.91 Å². The van der Waals surface area contributed by atoms with Gasteiger partial charge in [0.05, 0.1) is 12.0 Å². The fourth-order valence-corrected chi connectivity index (χ4v) is 3.19. The Morgan fingerprint density at radius 1 is 1.23 bits per heavy atom. The third kappa shape index (κ3) is 5.07. The van der Waals surface area contributed by atoms with Gasteiger partial charge in [-0.15, -0.1) is 0 Å². The number of nitrogens with zero attached hydrogens (tertiary/aromatic N) is 1. The third-order valence-electron chi connectivity index (χ3n) is 4.94. The van der Waals surface area contributed by atoms with Gasteiger partial charge < -0.3 is 15.0 Å². The lowest BCUT2D eigenvalue weighted by atomic mass is 10.1. The number of ether oxygens (including phenoxy) is 1. The first-order valence-electron chi connectivity index (χ1n) is 9.26. The Labute approximate surface area is 154 Å². The van der Waals surface area contributed by atoms with Gasteiger partial charge >= 0.3 is 5.97 Å². The molecule has 0 radical (unpaired) electrons. The maximum atomic E-state index is 12.3. The SMILES string of the molecule is CCC(CC)NC(=O)COC(=O)[C@@H]1CC(=O)N([C@@H](C)c2ccccc2)C1. The second-order valence-electron chi connectivity index (χ2n) is 6.72. The minimum absolute atomic E-state index is 0.0650. The molecule has 142 valence electrons. The molecular weight excluding hydrogens is 332 g/mol. The number of nitrogens with one attached hydrogen (secondary N) is 1. The van der Waals surface area contributed by atoms with Crippen molar-refractivity contribution >= 4 is 17.8 Å². The molecule has 1 aliphatic heterocycles. The predicted molar refractivity (Wildman–Crippen MR) is 98.1 cm³/mol. The van der Waals surface area contributed by atoms with Gasteiger partial charge in [0.15, 0.2) is 6.61 Å².